The summed E-state index contributed by atoms with van der Waals surface area (Å²) in [6.45, 7) is 4.06. The lowest BCUT2D eigenvalue weighted by atomic mass is 10.1. The van der Waals surface area contributed by atoms with E-state index in [9.17, 15) is 4.39 Å². The van der Waals surface area contributed by atoms with Gasteiger partial charge in [0, 0.05) is 25.2 Å². The molecular formula is C13H19FN2O2. The van der Waals surface area contributed by atoms with Crippen molar-refractivity contribution in [2.75, 3.05) is 37.4 Å². The second-order valence-electron chi connectivity index (χ2n) is 4.39. The van der Waals surface area contributed by atoms with E-state index in [0.29, 0.717) is 36.8 Å². The van der Waals surface area contributed by atoms with Crippen LogP contribution in [0.2, 0.25) is 0 Å². The van der Waals surface area contributed by atoms with Crippen LogP contribution in [0.5, 0.6) is 5.75 Å². The Balaban J connectivity index is 2.26. The molecule has 1 aliphatic heterocycles. The van der Waals surface area contributed by atoms with Gasteiger partial charge in [0.1, 0.15) is 11.6 Å². The SMILES string of the molecule is CCC1CN(c2cc(OC)c(N)cc2F)CCO1. The molecule has 0 saturated carbocycles. The highest BCUT2D eigenvalue weighted by Gasteiger charge is 2.22. The lowest BCUT2D eigenvalue weighted by Crippen LogP contribution is -2.42. The first kappa shape index (κ1) is 13.0. The maximum absolute atomic E-state index is 14.0. The molecule has 0 bridgehead atoms. The van der Waals surface area contributed by atoms with E-state index in [1.54, 1.807) is 6.07 Å². The zero-order valence-corrected chi connectivity index (χ0v) is 10.8. The first-order valence-corrected chi connectivity index (χ1v) is 6.15. The van der Waals surface area contributed by atoms with E-state index in [1.807, 2.05) is 4.90 Å². The molecule has 1 saturated heterocycles. The third-order valence-electron chi connectivity index (χ3n) is 3.23. The van der Waals surface area contributed by atoms with E-state index >= 15 is 0 Å². The minimum Gasteiger partial charge on any atom is -0.495 e. The second kappa shape index (κ2) is 5.44. The quantitative estimate of drug-likeness (QED) is 0.838. The molecule has 100 valence electrons. The predicted octanol–water partition coefficient (Wildman–Crippen LogP) is 2.03. The van der Waals surface area contributed by atoms with Crippen LogP contribution >= 0.6 is 0 Å². The maximum Gasteiger partial charge on any atom is 0.148 e. The number of ether oxygens (including phenoxy) is 2. The van der Waals surface area contributed by atoms with Gasteiger partial charge < -0.3 is 20.1 Å². The van der Waals surface area contributed by atoms with E-state index in [0.717, 1.165) is 6.42 Å². The number of nitrogen functional groups attached to an aromatic ring is 1. The molecule has 1 fully saturated rings. The fraction of sp³-hybridized carbons (Fsp3) is 0.538. The summed E-state index contributed by atoms with van der Waals surface area (Å²) in [5.41, 5.74) is 6.52. The maximum atomic E-state index is 14.0. The fourth-order valence-electron chi connectivity index (χ4n) is 2.16. The van der Waals surface area contributed by atoms with E-state index < -0.39 is 0 Å². The Hall–Kier alpha value is -1.49. The van der Waals surface area contributed by atoms with E-state index in [-0.39, 0.29) is 11.9 Å². The van der Waals surface area contributed by atoms with Crippen molar-refractivity contribution in [1.82, 2.24) is 0 Å². The number of methoxy groups -OCH3 is 1. The summed E-state index contributed by atoms with van der Waals surface area (Å²) in [5.74, 6) is 0.191. The fourth-order valence-corrected chi connectivity index (χ4v) is 2.16. The van der Waals surface area contributed by atoms with Crippen LogP contribution < -0.4 is 15.4 Å². The van der Waals surface area contributed by atoms with Crippen LogP contribution in [0.4, 0.5) is 15.8 Å². The Labute approximate surface area is 106 Å². The number of hydrogen-bond donors (Lipinski definition) is 1. The normalized spacial score (nSPS) is 19.9. The highest BCUT2D eigenvalue weighted by atomic mass is 19.1. The monoisotopic (exact) mass is 254 g/mol. The summed E-state index contributed by atoms with van der Waals surface area (Å²) in [5, 5.41) is 0. The van der Waals surface area contributed by atoms with Crippen molar-refractivity contribution >= 4 is 11.4 Å². The number of rotatable bonds is 3. The summed E-state index contributed by atoms with van der Waals surface area (Å²) in [6, 6.07) is 2.97. The molecule has 0 radical (unpaired) electrons. The molecule has 1 heterocycles. The van der Waals surface area contributed by atoms with Crippen LogP contribution in [-0.4, -0.2) is 32.9 Å². The molecule has 0 aromatic heterocycles. The number of benzene rings is 1. The molecule has 0 aliphatic carbocycles. The van der Waals surface area contributed by atoms with Crippen molar-refractivity contribution in [2.24, 2.45) is 0 Å². The lowest BCUT2D eigenvalue weighted by molar-refractivity contribution is 0.0382. The summed E-state index contributed by atoms with van der Waals surface area (Å²) in [6.07, 6.45) is 1.08. The van der Waals surface area contributed by atoms with Gasteiger partial charge in [-0.3, -0.25) is 0 Å². The van der Waals surface area contributed by atoms with Gasteiger partial charge in [0.15, 0.2) is 0 Å². The van der Waals surface area contributed by atoms with Gasteiger partial charge in [-0.25, -0.2) is 4.39 Å². The van der Waals surface area contributed by atoms with Crippen molar-refractivity contribution in [3.8, 4) is 5.75 Å². The van der Waals surface area contributed by atoms with Gasteiger partial charge in [-0.1, -0.05) is 6.92 Å². The van der Waals surface area contributed by atoms with Gasteiger partial charge in [-0.05, 0) is 6.42 Å². The highest BCUT2D eigenvalue weighted by Crippen LogP contribution is 2.31. The molecule has 5 heteroatoms. The summed E-state index contributed by atoms with van der Waals surface area (Å²) in [7, 11) is 1.53. The standard InChI is InChI=1S/C13H19FN2O2/c1-3-9-8-16(4-5-18-9)12-7-13(17-2)11(15)6-10(12)14/h6-7,9H,3-5,8,15H2,1-2H3. The highest BCUT2D eigenvalue weighted by molar-refractivity contribution is 5.63. The Kier molecular flexibility index (Phi) is 3.91. The zero-order chi connectivity index (χ0) is 13.1. The van der Waals surface area contributed by atoms with E-state index in [4.69, 9.17) is 15.2 Å². The molecule has 1 unspecified atom stereocenters. The molecule has 18 heavy (non-hydrogen) atoms. The molecule has 1 atom stereocenters. The lowest BCUT2D eigenvalue weighted by Gasteiger charge is -2.34. The molecule has 1 aromatic carbocycles. The average Bonchev–Trinajstić information content (AvgIpc) is 2.39. The summed E-state index contributed by atoms with van der Waals surface area (Å²) >= 11 is 0. The smallest absolute Gasteiger partial charge is 0.148 e. The third kappa shape index (κ3) is 2.51. The summed E-state index contributed by atoms with van der Waals surface area (Å²) in [4.78, 5) is 1.98. The van der Waals surface area contributed by atoms with Crippen LogP contribution in [0.25, 0.3) is 0 Å². The van der Waals surface area contributed by atoms with Crippen LogP contribution in [0.1, 0.15) is 13.3 Å². The minimum absolute atomic E-state index is 0.154. The third-order valence-corrected chi connectivity index (χ3v) is 3.23. The molecule has 1 aliphatic rings. The Morgan fingerprint density at radius 3 is 3.00 bits per heavy atom. The Bertz CT molecular complexity index is 426. The van der Waals surface area contributed by atoms with E-state index in [2.05, 4.69) is 6.92 Å². The molecule has 4 nitrogen and oxygen atoms in total. The largest absolute Gasteiger partial charge is 0.495 e. The molecule has 1 aromatic rings. The first-order chi connectivity index (χ1) is 8.65. The van der Waals surface area contributed by atoms with Gasteiger partial charge in [0.25, 0.3) is 0 Å². The van der Waals surface area contributed by atoms with Crippen molar-refractivity contribution in [3.05, 3.63) is 17.9 Å². The molecule has 0 spiro atoms. The predicted molar refractivity (Wildman–Crippen MR) is 69.6 cm³/mol. The van der Waals surface area contributed by atoms with Gasteiger partial charge in [0.05, 0.1) is 31.2 Å². The zero-order valence-electron chi connectivity index (χ0n) is 10.8. The molecule has 2 rings (SSSR count). The molecule has 2 N–H and O–H groups in total. The van der Waals surface area contributed by atoms with Crippen LogP contribution in [0.15, 0.2) is 12.1 Å². The first-order valence-electron chi connectivity index (χ1n) is 6.15. The number of morpholine rings is 1. The second-order valence-corrected chi connectivity index (χ2v) is 4.39. The molecule has 0 amide bonds. The number of nitrogens with zero attached hydrogens (tertiary/aromatic N) is 1. The van der Waals surface area contributed by atoms with E-state index in [1.165, 1.54) is 13.2 Å². The average molecular weight is 254 g/mol. The van der Waals surface area contributed by atoms with Gasteiger partial charge in [-0.2, -0.15) is 0 Å². The molecular weight excluding hydrogens is 235 g/mol. The minimum atomic E-state index is -0.315. The van der Waals surface area contributed by atoms with Gasteiger partial charge >= 0.3 is 0 Å². The van der Waals surface area contributed by atoms with Crippen LogP contribution in [0, 0.1) is 5.82 Å². The Morgan fingerprint density at radius 2 is 2.33 bits per heavy atom. The summed E-state index contributed by atoms with van der Waals surface area (Å²) < 4.78 is 24.7. The number of nitrogens with two attached hydrogens (primary N) is 1. The van der Waals surface area contributed by atoms with Crippen molar-refractivity contribution in [1.29, 1.82) is 0 Å². The number of halogens is 1. The van der Waals surface area contributed by atoms with Crippen molar-refractivity contribution in [2.45, 2.75) is 19.4 Å². The van der Waals surface area contributed by atoms with Crippen LogP contribution in [-0.2, 0) is 4.74 Å². The van der Waals surface area contributed by atoms with Gasteiger partial charge in [0.2, 0.25) is 0 Å². The Morgan fingerprint density at radius 1 is 1.56 bits per heavy atom. The topological polar surface area (TPSA) is 47.7 Å². The van der Waals surface area contributed by atoms with Gasteiger partial charge in [-0.15, -0.1) is 0 Å². The van der Waals surface area contributed by atoms with Crippen molar-refractivity contribution < 1.29 is 13.9 Å². The van der Waals surface area contributed by atoms with Crippen molar-refractivity contribution in [3.63, 3.8) is 0 Å². The van der Waals surface area contributed by atoms with Crippen LogP contribution in [0.3, 0.4) is 0 Å². The number of anilines is 2. The number of hydrogen-bond acceptors (Lipinski definition) is 4.